The van der Waals surface area contributed by atoms with Gasteiger partial charge in [0.05, 0.1) is 47.6 Å². The molecule has 0 bridgehead atoms. The number of carbonyl (C=O) groups is 1. The zero-order valence-corrected chi connectivity index (χ0v) is 46.8. The van der Waals surface area contributed by atoms with Crippen LogP contribution in [0.2, 0.25) is 0 Å². The summed E-state index contributed by atoms with van der Waals surface area (Å²) in [6.45, 7) is -5.97. The van der Waals surface area contributed by atoms with Crippen LogP contribution in [-0.2, 0) is 87.1 Å². The number of Topliss-reactive ketones (excluding diaryl/α,β-unsaturated/α-hetero) is 1. The van der Waals surface area contributed by atoms with Crippen LogP contribution in [0.1, 0.15) is 156 Å². The molecule has 0 aromatic carbocycles. The summed E-state index contributed by atoms with van der Waals surface area (Å²) in [6.07, 6.45) is -20.0. The predicted molar refractivity (Wildman–Crippen MR) is 321 cm³/mol. The van der Waals surface area contributed by atoms with Crippen molar-refractivity contribution in [3.8, 4) is 0 Å². The van der Waals surface area contributed by atoms with E-state index in [0.29, 0.717) is 24.9 Å². The average Bonchev–Trinajstić information content (AvgIpc) is 1.59. The molecule has 0 aliphatic heterocycles. The molecule has 84 heavy (non-hydrogen) atoms. The Balaban J connectivity index is 0.000000379. The Kier molecular flexibility index (Phi) is 14.6. The quantitative estimate of drug-likeness (QED) is 0.0772. The van der Waals surface area contributed by atoms with Crippen LogP contribution in [-0.4, -0.2) is 127 Å². The van der Waals surface area contributed by atoms with E-state index in [2.05, 4.69) is 25.0 Å². The fourth-order valence-electron chi connectivity index (χ4n) is 7.66. The monoisotopic (exact) mass is 1210 g/mol. The summed E-state index contributed by atoms with van der Waals surface area (Å²) in [5, 5.41) is 32.4. The van der Waals surface area contributed by atoms with Gasteiger partial charge in [-0.2, -0.15) is 0 Å². The lowest BCUT2D eigenvalue weighted by Gasteiger charge is -2.09. The molecule has 3 atom stereocenters. The summed E-state index contributed by atoms with van der Waals surface area (Å²) >= 11 is 0. The second-order valence-electron chi connectivity index (χ2n) is 17.8. The first kappa shape index (κ1) is 38.1. The van der Waals surface area contributed by atoms with Gasteiger partial charge in [-0.1, -0.05) is 7.43 Å². The van der Waals surface area contributed by atoms with Crippen molar-refractivity contribution in [3.05, 3.63) is 109 Å². The van der Waals surface area contributed by atoms with Crippen molar-refractivity contribution in [3.63, 3.8) is 0 Å². The highest BCUT2D eigenvalue weighted by Crippen LogP contribution is 2.09. The minimum Gasteiger partial charge on any atom is -0.397 e. The highest BCUT2D eigenvalue weighted by atomic mass is 16.3. The van der Waals surface area contributed by atoms with Gasteiger partial charge in [-0.05, 0) is 105 Å². The number of aryl methyl sites for hydroxylation is 8. The van der Waals surface area contributed by atoms with Crippen molar-refractivity contribution in [2.24, 2.45) is 56.1 Å². The smallest absolute Gasteiger partial charge is 0.332 e. The van der Waals surface area contributed by atoms with Crippen LogP contribution in [0.15, 0.2) is 63.6 Å². The number of imidazole rings is 4. The molecular weight excluding hydrogens is 1090 g/mol. The Morgan fingerprint density at radius 3 is 0.917 bits per heavy atom. The lowest BCUT2D eigenvalue weighted by molar-refractivity contribution is -0.117. The summed E-state index contributed by atoms with van der Waals surface area (Å²) in [5.41, 5.74) is -9.46. The summed E-state index contributed by atoms with van der Waals surface area (Å²) in [6, 6.07) is 0. The fourth-order valence-corrected chi connectivity index (χ4v) is 7.66. The third-order valence-corrected chi connectivity index (χ3v) is 11.6. The van der Waals surface area contributed by atoms with Crippen LogP contribution in [0.25, 0.3) is 44.7 Å². The second-order valence-corrected chi connectivity index (χ2v) is 17.8. The maximum absolute atomic E-state index is 12.7. The van der Waals surface area contributed by atoms with E-state index in [0.717, 1.165) is 64.2 Å². The summed E-state index contributed by atoms with van der Waals surface area (Å²) in [4.78, 5) is 126. The lowest BCUT2D eigenvalue weighted by atomic mass is 10.2. The number of hydrogen-bond acceptors (Lipinski definition) is 17. The van der Waals surface area contributed by atoms with Crippen molar-refractivity contribution in [1.82, 2.24) is 74.7 Å². The number of nitrogens with zero attached hydrogens (tertiary/aromatic N) is 16. The number of ketones is 1. The molecule has 466 valence electrons. The molecule has 0 aliphatic carbocycles. The van der Waals surface area contributed by atoms with Gasteiger partial charge in [0.1, 0.15) is 11.3 Å². The molecule has 1 unspecified atom stereocenters. The van der Waals surface area contributed by atoms with Crippen LogP contribution in [0.4, 0.5) is 0 Å². The summed E-state index contributed by atoms with van der Waals surface area (Å²) in [7, 11) is 5.14. The number of fused-ring (bicyclic) bond motifs is 4. The Morgan fingerprint density at radius 1 is 0.500 bits per heavy atom. The van der Waals surface area contributed by atoms with Crippen molar-refractivity contribution in [1.29, 1.82) is 1.43 Å². The van der Waals surface area contributed by atoms with E-state index in [-0.39, 0.29) is 108 Å². The van der Waals surface area contributed by atoms with Crippen molar-refractivity contribution in [2.45, 2.75) is 163 Å². The highest BCUT2D eigenvalue weighted by Gasteiger charge is 2.18. The molecule has 0 fully saturated rings. The number of aliphatic hydroxyl groups is 4. The standard InChI is InChI=1S/3C13H20N4O3.C13H18N4O3.C2H6O.CH4/c4*1-9(18)6-4-5-7-17-12(19)10-11(14-8-15(10)2)16(3)13(17)20;1-2-3;/h3*8-9,18H,4-7H2,1-3H3;8H,4-7H2,1-3H3;3H,2H2,1H3;1H4/t2*9-;;;;/m10..../s1/i3*2D3,6D2,8D,9D;2D3,6D2,8D;3D;. The van der Waals surface area contributed by atoms with Crippen LogP contribution in [0, 0.1) is 0 Å². The Bertz CT molecular complexity index is 4870. The molecule has 0 saturated carbocycles. The van der Waals surface area contributed by atoms with Crippen LogP contribution in [0.3, 0.4) is 0 Å². The van der Waals surface area contributed by atoms with Gasteiger partial charge in [0.25, 0.3) is 22.2 Å². The van der Waals surface area contributed by atoms with E-state index in [1.165, 1.54) is 28.2 Å². The third kappa shape index (κ3) is 17.1. The molecule has 8 aromatic heterocycles. The molecule has 29 heteroatoms. The normalized spacial score (nSPS) is 19.4. The third-order valence-electron chi connectivity index (χ3n) is 11.6. The molecule has 8 rings (SSSR count). The van der Waals surface area contributed by atoms with Crippen molar-refractivity contribution in [2.75, 3.05) is 6.61 Å². The first-order valence-electron chi connectivity index (χ1n) is 38.9. The molecule has 0 amide bonds. The number of aliphatic hydroxyl groups excluding tert-OH is 1. The van der Waals surface area contributed by atoms with Crippen molar-refractivity contribution < 1.29 is 62.2 Å². The maximum Gasteiger partial charge on any atom is 0.332 e. The molecule has 0 saturated heterocycles. The van der Waals surface area contributed by atoms with Crippen LogP contribution >= 0.6 is 0 Å². The van der Waals surface area contributed by atoms with Gasteiger partial charge < -0.3 is 43.5 Å². The molecule has 29 nitrogen and oxygen atoms in total. The number of hydrogen-bond donors (Lipinski definition) is 4. The second kappa shape index (κ2) is 32.2. The Labute approximate surface area is 523 Å². The summed E-state index contributed by atoms with van der Waals surface area (Å²) in [5.74, 6) is -0.660. The van der Waals surface area contributed by atoms with E-state index >= 15 is 0 Å². The highest BCUT2D eigenvalue weighted by molar-refractivity contribution is 5.75. The topological polar surface area (TPSA) is 345 Å². The first-order chi connectivity index (χ1) is 50.0. The van der Waals surface area contributed by atoms with E-state index < -0.39 is 170 Å². The molecular formula is C55H88N16O13. The number of carbonyl (C=O) groups excluding carboxylic acids is 1. The van der Waals surface area contributed by atoms with Gasteiger partial charge in [-0.25, -0.2) is 39.1 Å². The van der Waals surface area contributed by atoms with E-state index in [4.69, 9.17) is 38.4 Å². The SMILES string of the molecule is C.[2H]OCC.[2H]c1nc2c(c(=O)n(CCCC([2H])([2H])C(C)=O)c(=O)n2C)n1C([2H])([2H])[2H].[2H]c1nc2c(c(=O)n(CCCC([2H])([2H])C([2H])(C)O)c(=O)n2C)n1C([2H])([2H])[2H].[2H]c1nc2c(c(=O)n(CCCC([2H])([2H])[C@@]([2H])(C)O)c(=O)n2C)n1C([2H])([2H])[2H].[2H]c1nc2c(c(=O)n(CCCC([2H])([2H])[C@]([2H])(C)O)c(=O)n2C)n1C([2H])([2H])[2H]. The minimum atomic E-state index is -2.85. The summed E-state index contributed by atoms with van der Waals surface area (Å²) < 4.78 is 219. The van der Waals surface area contributed by atoms with Gasteiger partial charge in [-0.3, -0.25) is 55.7 Å². The number of rotatable bonds is 21. The van der Waals surface area contributed by atoms with E-state index in [1.807, 2.05) is 0 Å². The molecule has 4 N–H and O–H groups in total. The minimum absolute atomic E-state index is 0. The molecule has 0 aliphatic rings. The van der Waals surface area contributed by atoms with Gasteiger partial charge in [0, 0.05) is 123 Å². The van der Waals surface area contributed by atoms with E-state index in [9.17, 15) is 58.5 Å². The Hall–Kier alpha value is -7.89. The average molecular weight is 1210 g/mol. The van der Waals surface area contributed by atoms with Gasteiger partial charge >= 0.3 is 22.8 Å². The zero-order valence-electron chi connectivity index (χ0n) is 74.8. The van der Waals surface area contributed by atoms with E-state index in [1.54, 1.807) is 6.92 Å². The van der Waals surface area contributed by atoms with Crippen molar-refractivity contribution >= 4 is 50.4 Å². The maximum atomic E-state index is 12.7. The number of aromatic nitrogens is 16. The van der Waals surface area contributed by atoms with Gasteiger partial charge in [-0.15, -0.1) is 0 Å². The Morgan fingerprint density at radius 2 is 0.726 bits per heavy atom. The molecule has 8 heterocycles. The lowest BCUT2D eigenvalue weighted by Crippen LogP contribution is -2.39. The predicted octanol–water partition coefficient (Wildman–Crippen LogP) is 0.782. The fraction of sp³-hybridized carbons (Fsp3) is 0.618. The first-order valence-corrected chi connectivity index (χ1v) is 25.0. The van der Waals surface area contributed by atoms with Gasteiger partial charge in [0.2, 0.25) is 1.43 Å². The van der Waals surface area contributed by atoms with Crippen LogP contribution < -0.4 is 45.0 Å². The zero-order chi connectivity index (χ0) is 86.3. The van der Waals surface area contributed by atoms with Gasteiger partial charge in [0.15, 0.2) is 44.7 Å². The molecule has 0 spiro atoms. The largest absolute Gasteiger partial charge is 0.397 e. The molecule has 0 radical (unpaired) electrons. The molecule has 8 aromatic rings. The van der Waals surface area contributed by atoms with Crippen LogP contribution in [0.5, 0.6) is 0 Å².